The first-order valence-corrected chi connectivity index (χ1v) is 6.77. The molecule has 1 heterocycles. The Morgan fingerprint density at radius 2 is 2.28 bits per heavy atom. The molecule has 1 aliphatic rings. The van der Waals surface area contributed by atoms with E-state index in [4.69, 9.17) is 5.73 Å². The van der Waals surface area contributed by atoms with Gasteiger partial charge < -0.3 is 10.6 Å². The molecule has 3 nitrogen and oxygen atoms in total. The second-order valence-electron chi connectivity index (χ2n) is 5.15. The van der Waals surface area contributed by atoms with E-state index in [1.165, 1.54) is 11.1 Å². The van der Waals surface area contributed by atoms with E-state index in [-0.39, 0.29) is 11.9 Å². The molecule has 0 aromatic heterocycles. The molecule has 3 heteroatoms. The summed E-state index contributed by atoms with van der Waals surface area (Å²) in [6, 6.07) is 6.31. The summed E-state index contributed by atoms with van der Waals surface area (Å²) in [4.78, 5) is 14.2. The van der Waals surface area contributed by atoms with Gasteiger partial charge in [0.05, 0.1) is 0 Å². The number of amides is 1. The first-order valence-electron chi connectivity index (χ1n) is 6.77. The highest BCUT2D eigenvalue weighted by Gasteiger charge is 2.23. The topological polar surface area (TPSA) is 46.3 Å². The van der Waals surface area contributed by atoms with E-state index < -0.39 is 0 Å². The number of aryl methyl sites for hydroxylation is 2. The molecule has 1 aromatic carbocycles. The second-order valence-corrected chi connectivity index (χ2v) is 5.15. The van der Waals surface area contributed by atoms with Gasteiger partial charge in [0.1, 0.15) is 0 Å². The van der Waals surface area contributed by atoms with Crippen molar-refractivity contribution in [2.24, 2.45) is 5.73 Å². The molecule has 0 radical (unpaired) electrons. The number of benzene rings is 1. The molecule has 0 saturated carbocycles. The van der Waals surface area contributed by atoms with Gasteiger partial charge in [-0.2, -0.15) is 0 Å². The minimum absolute atomic E-state index is 0.0201. The molecule has 0 fully saturated rings. The van der Waals surface area contributed by atoms with E-state index in [1.54, 1.807) is 0 Å². The third-order valence-electron chi connectivity index (χ3n) is 3.62. The Labute approximate surface area is 109 Å². The lowest BCUT2D eigenvalue weighted by atomic mass is 9.99. The maximum atomic E-state index is 12.3. The van der Waals surface area contributed by atoms with Crippen LogP contribution in [0.5, 0.6) is 0 Å². The lowest BCUT2D eigenvalue weighted by molar-refractivity contribution is -0.119. The molecule has 1 aliphatic heterocycles. The first kappa shape index (κ1) is 13.1. The van der Waals surface area contributed by atoms with Crippen LogP contribution in [0.3, 0.4) is 0 Å². The Morgan fingerprint density at radius 3 is 3.00 bits per heavy atom. The molecule has 1 unspecified atom stereocenters. The van der Waals surface area contributed by atoms with Gasteiger partial charge in [-0.25, -0.2) is 0 Å². The molecule has 2 rings (SSSR count). The summed E-state index contributed by atoms with van der Waals surface area (Å²) in [6.07, 6.45) is 3.41. The van der Waals surface area contributed by atoms with E-state index in [1.807, 2.05) is 11.8 Å². The summed E-state index contributed by atoms with van der Waals surface area (Å²) in [7, 11) is 0. The Balaban J connectivity index is 2.19. The monoisotopic (exact) mass is 246 g/mol. The Kier molecular flexibility index (Phi) is 4.02. The SMILES string of the molecule is CCC(N)CC(=O)N1CCCc2cc(C)ccc21. The van der Waals surface area contributed by atoms with Crippen molar-refractivity contribution in [2.75, 3.05) is 11.4 Å². The summed E-state index contributed by atoms with van der Waals surface area (Å²) in [5.74, 6) is 0.161. The van der Waals surface area contributed by atoms with Gasteiger partial charge in [-0.15, -0.1) is 0 Å². The van der Waals surface area contributed by atoms with Crippen LogP contribution in [0.2, 0.25) is 0 Å². The standard InChI is InChI=1S/C15H22N2O/c1-3-13(16)10-15(18)17-8-4-5-12-9-11(2)6-7-14(12)17/h6-7,9,13H,3-5,8,10,16H2,1-2H3. The van der Waals surface area contributed by atoms with Crippen LogP contribution in [0.15, 0.2) is 18.2 Å². The van der Waals surface area contributed by atoms with E-state index in [0.29, 0.717) is 6.42 Å². The highest BCUT2D eigenvalue weighted by molar-refractivity contribution is 5.94. The van der Waals surface area contributed by atoms with Gasteiger partial charge in [-0.05, 0) is 37.8 Å². The maximum Gasteiger partial charge on any atom is 0.228 e. The molecular weight excluding hydrogens is 224 g/mol. The molecule has 1 atom stereocenters. The van der Waals surface area contributed by atoms with Gasteiger partial charge in [0.15, 0.2) is 0 Å². The number of fused-ring (bicyclic) bond motifs is 1. The molecule has 1 aromatic rings. The lowest BCUT2D eigenvalue weighted by Crippen LogP contribution is -2.38. The van der Waals surface area contributed by atoms with Crippen LogP contribution in [0.25, 0.3) is 0 Å². The predicted molar refractivity (Wildman–Crippen MR) is 74.7 cm³/mol. The molecule has 0 spiro atoms. The van der Waals surface area contributed by atoms with Crippen LogP contribution in [0, 0.1) is 6.92 Å². The minimum Gasteiger partial charge on any atom is -0.327 e. The maximum absolute atomic E-state index is 12.3. The van der Waals surface area contributed by atoms with Gasteiger partial charge in [0.2, 0.25) is 5.91 Å². The number of anilines is 1. The number of nitrogens with two attached hydrogens (primary N) is 1. The van der Waals surface area contributed by atoms with Gasteiger partial charge >= 0.3 is 0 Å². The third kappa shape index (κ3) is 2.72. The highest BCUT2D eigenvalue weighted by atomic mass is 16.2. The summed E-state index contributed by atoms with van der Waals surface area (Å²) in [5, 5.41) is 0. The van der Waals surface area contributed by atoms with Crippen molar-refractivity contribution < 1.29 is 4.79 Å². The average Bonchev–Trinajstić information content (AvgIpc) is 2.37. The van der Waals surface area contributed by atoms with Crippen molar-refractivity contribution in [3.63, 3.8) is 0 Å². The van der Waals surface area contributed by atoms with Crippen LogP contribution in [0.4, 0.5) is 5.69 Å². The van der Waals surface area contributed by atoms with Gasteiger partial charge in [-0.3, -0.25) is 4.79 Å². The number of nitrogens with zero attached hydrogens (tertiary/aromatic N) is 1. The highest BCUT2D eigenvalue weighted by Crippen LogP contribution is 2.28. The van der Waals surface area contributed by atoms with Crippen LogP contribution in [0.1, 0.15) is 37.3 Å². The van der Waals surface area contributed by atoms with Gasteiger partial charge in [0, 0.05) is 24.7 Å². The number of carbonyl (C=O) groups excluding carboxylic acids is 1. The summed E-state index contributed by atoms with van der Waals surface area (Å²) in [6.45, 7) is 4.94. The zero-order valence-electron chi connectivity index (χ0n) is 11.3. The van der Waals surface area contributed by atoms with Crippen molar-refractivity contribution >= 4 is 11.6 Å². The van der Waals surface area contributed by atoms with Crippen LogP contribution in [-0.2, 0) is 11.2 Å². The fourth-order valence-corrected chi connectivity index (χ4v) is 2.46. The van der Waals surface area contributed by atoms with Crippen molar-refractivity contribution in [3.8, 4) is 0 Å². The zero-order chi connectivity index (χ0) is 13.1. The van der Waals surface area contributed by atoms with E-state index >= 15 is 0 Å². The van der Waals surface area contributed by atoms with Gasteiger partial charge in [-0.1, -0.05) is 24.6 Å². The molecule has 98 valence electrons. The smallest absolute Gasteiger partial charge is 0.228 e. The summed E-state index contributed by atoms with van der Waals surface area (Å²) < 4.78 is 0. The third-order valence-corrected chi connectivity index (χ3v) is 3.62. The largest absolute Gasteiger partial charge is 0.327 e. The fraction of sp³-hybridized carbons (Fsp3) is 0.533. The van der Waals surface area contributed by atoms with Crippen LogP contribution >= 0.6 is 0 Å². The number of hydrogen-bond acceptors (Lipinski definition) is 2. The first-order chi connectivity index (χ1) is 8.61. The Bertz CT molecular complexity index is 442. The second kappa shape index (κ2) is 5.53. The minimum atomic E-state index is -0.0201. The van der Waals surface area contributed by atoms with E-state index in [2.05, 4.69) is 25.1 Å². The molecular formula is C15H22N2O. The molecule has 2 N–H and O–H groups in total. The summed E-state index contributed by atoms with van der Waals surface area (Å²) in [5.41, 5.74) is 9.51. The fourth-order valence-electron chi connectivity index (χ4n) is 2.46. The van der Waals surface area contributed by atoms with Crippen molar-refractivity contribution in [3.05, 3.63) is 29.3 Å². The Hall–Kier alpha value is -1.35. The molecule has 18 heavy (non-hydrogen) atoms. The number of hydrogen-bond donors (Lipinski definition) is 1. The van der Waals surface area contributed by atoms with E-state index in [0.717, 1.165) is 31.5 Å². The normalized spacial score (nSPS) is 16.3. The van der Waals surface area contributed by atoms with Crippen molar-refractivity contribution in [1.29, 1.82) is 0 Å². The van der Waals surface area contributed by atoms with E-state index in [9.17, 15) is 4.79 Å². The van der Waals surface area contributed by atoms with Crippen molar-refractivity contribution in [2.45, 2.75) is 45.6 Å². The lowest BCUT2D eigenvalue weighted by Gasteiger charge is -2.30. The van der Waals surface area contributed by atoms with Crippen LogP contribution in [-0.4, -0.2) is 18.5 Å². The van der Waals surface area contributed by atoms with Gasteiger partial charge in [0.25, 0.3) is 0 Å². The van der Waals surface area contributed by atoms with Crippen molar-refractivity contribution in [1.82, 2.24) is 0 Å². The molecule has 0 saturated heterocycles. The number of carbonyl (C=O) groups is 1. The average molecular weight is 246 g/mol. The molecule has 0 aliphatic carbocycles. The number of rotatable bonds is 3. The van der Waals surface area contributed by atoms with Crippen LogP contribution < -0.4 is 10.6 Å². The zero-order valence-corrected chi connectivity index (χ0v) is 11.3. The molecule has 0 bridgehead atoms. The Morgan fingerprint density at radius 1 is 1.50 bits per heavy atom. The molecule has 1 amide bonds. The summed E-state index contributed by atoms with van der Waals surface area (Å²) >= 11 is 0. The quantitative estimate of drug-likeness (QED) is 0.890. The predicted octanol–water partition coefficient (Wildman–Crippen LogP) is 2.40.